The summed E-state index contributed by atoms with van der Waals surface area (Å²) in [5, 5.41) is 6.29. The van der Waals surface area contributed by atoms with E-state index in [4.69, 9.17) is 9.47 Å². The number of anilines is 1. The van der Waals surface area contributed by atoms with Gasteiger partial charge in [-0.1, -0.05) is 12.5 Å². The molecule has 1 aromatic rings. The molecule has 1 aliphatic rings. The zero-order chi connectivity index (χ0) is 16.2. The first kappa shape index (κ1) is 16.6. The number of carbonyl (C=O) groups is 1. The molecule has 1 aromatic carbocycles. The van der Waals surface area contributed by atoms with E-state index in [1.807, 2.05) is 39.0 Å². The second-order valence-electron chi connectivity index (χ2n) is 6.59. The van der Waals surface area contributed by atoms with E-state index in [0.29, 0.717) is 17.5 Å². The third-order valence-corrected chi connectivity index (χ3v) is 3.57. The molecular weight excluding hydrogens is 280 g/mol. The minimum absolute atomic E-state index is 0.332. The molecule has 2 rings (SSSR count). The quantitative estimate of drug-likeness (QED) is 0.890. The highest BCUT2D eigenvalue weighted by atomic mass is 16.6. The van der Waals surface area contributed by atoms with Crippen molar-refractivity contribution in [3.8, 4) is 5.75 Å². The molecule has 1 atom stereocenters. The van der Waals surface area contributed by atoms with E-state index < -0.39 is 11.7 Å². The molecule has 1 saturated heterocycles. The van der Waals surface area contributed by atoms with E-state index >= 15 is 0 Å². The fourth-order valence-electron chi connectivity index (χ4n) is 2.59. The summed E-state index contributed by atoms with van der Waals surface area (Å²) in [6, 6.07) is 6.23. The van der Waals surface area contributed by atoms with Crippen molar-refractivity contribution in [3.05, 3.63) is 23.8 Å². The maximum atomic E-state index is 12.0. The second kappa shape index (κ2) is 7.01. The first-order valence-electron chi connectivity index (χ1n) is 7.80. The number of nitrogens with one attached hydrogen (secondary N) is 2. The molecule has 122 valence electrons. The highest BCUT2D eigenvalue weighted by Gasteiger charge is 2.20. The van der Waals surface area contributed by atoms with Gasteiger partial charge in [0.15, 0.2) is 0 Å². The van der Waals surface area contributed by atoms with Crippen LogP contribution < -0.4 is 15.4 Å². The second-order valence-corrected chi connectivity index (χ2v) is 6.59. The van der Waals surface area contributed by atoms with Crippen LogP contribution in [0.3, 0.4) is 0 Å². The molecule has 22 heavy (non-hydrogen) atoms. The number of ether oxygens (including phenoxy) is 2. The molecule has 1 amide bonds. The Labute approximate surface area is 132 Å². The number of piperidine rings is 1. The molecule has 1 aliphatic heterocycles. The van der Waals surface area contributed by atoms with Crippen molar-refractivity contribution < 1.29 is 14.3 Å². The van der Waals surface area contributed by atoms with Crippen molar-refractivity contribution >= 4 is 11.8 Å². The van der Waals surface area contributed by atoms with Gasteiger partial charge in [-0.15, -0.1) is 0 Å². The number of benzene rings is 1. The van der Waals surface area contributed by atoms with Gasteiger partial charge in [-0.25, -0.2) is 4.79 Å². The van der Waals surface area contributed by atoms with Crippen molar-refractivity contribution in [2.75, 3.05) is 19.0 Å². The monoisotopic (exact) mass is 306 g/mol. The lowest BCUT2D eigenvalue weighted by Gasteiger charge is -2.25. The lowest BCUT2D eigenvalue weighted by Crippen LogP contribution is -2.28. The number of methoxy groups -OCH3 is 1. The maximum absolute atomic E-state index is 12.0. The zero-order valence-corrected chi connectivity index (χ0v) is 13.9. The van der Waals surface area contributed by atoms with Crippen LogP contribution in [-0.2, 0) is 4.74 Å². The van der Waals surface area contributed by atoms with Crippen LogP contribution >= 0.6 is 0 Å². The third-order valence-electron chi connectivity index (χ3n) is 3.57. The van der Waals surface area contributed by atoms with Crippen LogP contribution in [0.4, 0.5) is 10.5 Å². The van der Waals surface area contributed by atoms with E-state index in [0.717, 1.165) is 18.5 Å². The van der Waals surface area contributed by atoms with E-state index in [1.54, 1.807) is 7.11 Å². The minimum Gasteiger partial charge on any atom is -0.495 e. The fourth-order valence-corrected chi connectivity index (χ4v) is 2.59. The molecule has 0 aromatic heterocycles. The van der Waals surface area contributed by atoms with Crippen LogP contribution in [0, 0.1) is 0 Å². The first-order chi connectivity index (χ1) is 10.4. The van der Waals surface area contributed by atoms with Gasteiger partial charge in [0.1, 0.15) is 11.4 Å². The van der Waals surface area contributed by atoms with E-state index in [9.17, 15) is 4.79 Å². The SMILES string of the molecule is COc1ccc(C2CCCCN2)cc1NC(=O)OC(C)(C)C. The van der Waals surface area contributed by atoms with Crippen molar-refractivity contribution in [2.45, 2.75) is 51.7 Å². The molecule has 0 bridgehead atoms. The average Bonchev–Trinajstić information content (AvgIpc) is 2.46. The normalized spacial score (nSPS) is 18.6. The smallest absolute Gasteiger partial charge is 0.412 e. The van der Waals surface area contributed by atoms with Gasteiger partial charge in [-0.3, -0.25) is 5.32 Å². The predicted molar refractivity (Wildman–Crippen MR) is 87.4 cm³/mol. The molecule has 1 heterocycles. The number of carbonyl (C=O) groups excluding carboxylic acids is 1. The molecule has 0 aliphatic carbocycles. The Balaban J connectivity index is 2.15. The van der Waals surface area contributed by atoms with Crippen LogP contribution in [0.15, 0.2) is 18.2 Å². The molecule has 5 nitrogen and oxygen atoms in total. The maximum Gasteiger partial charge on any atom is 0.412 e. The van der Waals surface area contributed by atoms with E-state index in [-0.39, 0.29) is 0 Å². The summed E-state index contributed by atoms with van der Waals surface area (Å²) in [7, 11) is 1.59. The Morgan fingerprint density at radius 1 is 1.32 bits per heavy atom. The van der Waals surface area contributed by atoms with Gasteiger partial charge in [0.25, 0.3) is 0 Å². The number of amides is 1. The zero-order valence-electron chi connectivity index (χ0n) is 13.9. The van der Waals surface area contributed by atoms with Crippen molar-refractivity contribution in [2.24, 2.45) is 0 Å². The van der Waals surface area contributed by atoms with E-state index in [2.05, 4.69) is 10.6 Å². The number of hydrogen-bond donors (Lipinski definition) is 2. The molecule has 2 N–H and O–H groups in total. The Morgan fingerprint density at radius 2 is 2.09 bits per heavy atom. The molecule has 0 spiro atoms. The summed E-state index contributed by atoms with van der Waals surface area (Å²) in [6.45, 7) is 6.55. The van der Waals surface area contributed by atoms with Crippen LogP contribution in [0.25, 0.3) is 0 Å². The Kier molecular flexibility index (Phi) is 5.29. The third kappa shape index (κ3) is 4.63. The van der Waals surface area contributed by atoms with Gasteiger partial charge in [-0.2, -0.15) is 0 Å². The highest BCUT2D eigenvalue weighted by Crippen LogP contribution is 2.31. The van der Waals surface area contributed by atoms with Crippen LogP contribution in [0.1, 0.15) is 51.6 Å². The first-order valence-corrected chi connectivity index (χ1v) is 7.80. The summed E-state index contributed by atoms with van der Waals surface area (Å²) in [5.41, 5.74) is 1.27. The topological polar surface area (TPSA) is 59.6 Å². The summed E-state index contributed by atoms with van der Waals surface area (Å²) in [4.78, 5) is 12.0. The lowest BCUT2D eigenvalue weighted by molar-refractivity contribution is 0.0635. The Morgan fingerprint density at radius 3 is 2.68 bits per heavy atom. The molecule has 5 heteroatoms. The summed E-state index contributed by atoms with van der Waals surface area (Å²) in [6.07, 6.45) is 3.08. The van der Waals surface area contributed by atoms with Crippen LogP contribution in [0.2, 0.25) is 0 Å². The summed E-state index contributed by atoms with van der Waals surface area (Å²) in [5.74, 6) is 0.630. The molecule has 0 radical (unpaired) electrons. The fraction of sp³-hybridized carbons (Fsp3) is 0.588. The van der Waals surface area contributed by atoms with Gasteiger partial charge in [-0.05, 0) is 57.9 Å². The van der Waals surface area contributed by atoms with Gasteiger partial charge in [0.05, 0.1) is 12.8 Å². The van der Waals surface area contributed by atoms with Gasteiger partial charge in [0, 0.05) is 6.04 Å². The van der Waals surface area contributed by atoms with Gasteiger partial charge in [0.2, 0.25) is 0 Å². The van der Waals surface area contributed by atoms with Crippen molar-refractivity contribution in [1.82, 2.24) is 5.32 Å². The molecule has 1 fully saturated rings. The van der Waals surface area contributed by atoms with Crippen molar-refractivity contribution in [3.63, 3.8) is 0 Å². The standard InChI is InChI=1S/C17H26N2O3/c1-17(2,3)22-16(20)19-14-11-12(8-9-15(14)21-4)13-7-5-6-10-18-13/h8-9,11,13,18H,5-7,10H2,1-4H3,(H,19,20). The minimum atomic E-state index is -0.528. The van der Waals surface area contributed by atoms with Gasteiger partial charge >= 0.3 is 6.09 Å². The average molecular weight is 306 g/mol. The van der Waals surface area contributed by atoms with Crippen LogP contribution in [0.5, 0.6) is 5.75 Å². The largest absolute Gasteiger partial charge is 0.495 e. The highest BCUT2D eigenvalue weighted by molar-refractivity contribution is 5.87. The lowest BCUT2D eigenvalue weighted by atomic mass is 9.97. The van der Waals surface area contributed by atoms with Crippen molar-refractivity contribution in [1.29, 1.82) is 0 Å². The summed E-state index contributed by atoms with van der Waals surface area (Å²) >= 11 is 0. The van der Waals surface area contributed by atoms with Crippen LogP contribution in [-0.4, -0.2) is 25.3 Å². The Bertz CT molecular complexity index is 517. The molecule has 1 unspecified atom stereocenters. The summed E-state index contributed by atoms with van der Waals surface area (Å²) < 4.78 is 10.6. The van der Waals surface area contributed by atoms with E-state index in [1.165, 1.54) is 12.8 Å². The molecular formula is C17H26N2O3. The number of hydrogen-bond acceptors (Lipinski definition) is 4. The number of rotatable bonds is 3. The Hall–Kier alpha value is -1.75. The van der Waals surface area contributed by atoms with Gasteiger partial charge < -0.3 is 14.8 Å². The predicted octanol–water partition coefficient (Wildman–Crippen LogP) is 3.86. The molecule has 0 saturated carbocycles.